The van der Waals surface area contributed by atoms with E-state index in [-0.39, 0.29) is 0 Å². The molecule has 2 rings (SSSR count). The van der Waals surface area contributed by atoms with Gasteiger partial charge >= 0.3 is 0 Å². The van der Waals surface area contributed by atoms with Gasteiger partial charge < -0.3 is 4.52 Å². The third kappa shape index (κ3) is 2.14. The van der Waals surface area contributed by atoms with Gasteiger partial charge in [0.15, 0.2) is 0 Å². The molecule has 1 aromatic heterocycles. The molecule has 0 saturated heterocycles. The third-order valence-corrected chi connectivity index (χ3v) is 3.61. The number of fused-ring (bicyclic) bond motifs is 1. The molecule has 0 atom stereocenters. The van der Waals surface area contributed by atoms with Gasteiger partial charge in [-0.2, -0.15) is 11.8 Å². The molecule has 0 radical (unpaired) electrons. The summed E-state index contributed by atoms with van der Waals surface area (Å²) in [7, 11) is 0. The first-order valence-electron chi connectivity index (χ1n) is 5.46. The number of aryl methyl sites for hydroxylation is 1. The molecule has 14 heavy (non-hydrogen) atoms. The van der Waals surface area contributed by atoms with Crippen LogP contribution in [0.3, 0.4) is 0 Å². The van der Waals surface area contributed by atoms with Crippen molar-refractivity contribution in [2.45, 2.75) is 44.8 Å². The molecule has 0 amide bonds. The molecule has 1 aliphatic carbocycles. The van der Waals surface area contributed by atoms with Crippen molar-refractivity contribution in [1.29, 1.82) is 0 Å². The maximum atomic E-state index is 5.40. The average molecular weight is 211 g/mol. The van der Waals surface area contributed by atoms with Crippen LogP contribution in [0.2, 0.25) is 0 Å². The molecule has 0 bridgehead atoms. The Labute approximate surface area is 89.4 Å². The van der Waals surface area contributed by atoms with Gasteiger partial charge in [0.1, 0.15) is 5.76 Å². The summed E-state index contributed by atoms with van der Waals surface area (Å²) in [5.41, 5.74) is 2.62. The Morgan fingerprint density at radius 2 is 2.14 bits per heavy atom. The highest BCUT2D eigenvalue weighted by molar-refractivity contribution is 7.98. The SMILES string of the molecule is CCSCc1noc2c1CCCCC2. The van der Waals surface area contributed by atoms with Crippen LogP contribution in [0.1, 0.15) is 43.2 Å². The van der Waals surface area contributed by atoms with Crippen molar-refractivity contribution in [2.75, 3.05) is 5.75 Å². The summed E-state index contributed by atoms with van der Waals surface area (Å²) in [6.07, 6.45) is 6.18. The number of hydrogen-bond acceptors (Lipinski definition) is 3. The highest BCUT2D eigenvalue weighted by Gasteiger charge is 2.17. The van der Waals surface area contributed by atoms with E-state index in [1.165, 1.54) is 36.9 Å². The topological polar surface area (TPSA) is 26.0 Å². The molecule has 1 aromatic rings. The van der Waals surface area contributed by atoms with E-state index in [1.54, 1.807) is 0 Å². The fraction of sp³-hybridized carbons (Fsp3) is 0.727. The van der Waals surface area contributed by atoms with Crippen LogP contribution in [0, 0.1) is 0 Å². The van der Waals surface area contributed by atoms with Crippen molar-refractivity contribution in [3.05, 3.63) is 17.0 Å². The van der Waals surface area contributed by atoms with Crippen molar-refractivity contribution in [2.24, 2.45) is 0 Å². The second-order valence-electron chi connectivity index (χ2n) is 3.73. The molecule has 1 aliphatic rings. The Kier molecular flexibility index (Phi) is 3.51. The molecule has 2 nitrogen and oxygen atoms in total. The van der Waals surface area contributed by atoms with E-state index < -0.39 is 0 Å². The minimum absolute atomic E-state index is 1.02. The van der Waals surface area contributed by atoms with E-state index in [2.05, 4.69) is 12.1 Å². The minimum Gasteiger partial charge on any atom is -0.361 e. The lowest BCUT2D eigenvalue weighted by atomic mass is 10.1. The Morgan fingerprint density at radius 1 is 1.29 bits per heavy atom. The van der Waals surface area contributed by atoms with Gasteiger partial charge in [-0.05, 0) is 25.0 Å². The first-order valence-corrected chi connectivity index (χ1v) is 6.61. The summed E-state index contributed by atoms with van der Waals surface area (Å²) < 4.78 is 5.40. The van der Waals surface area contributed by atoms with Gasteiger partial charge in [0.25, 0.3) is 0 Å². The predicted molar refractivity (Wildman–Crippen MR) is 59.6 cm³/mol. The maximum absolute atomic E-state index is 5.40. The number of aromatic nitrogens is 1. The van der Waals surface area contributed by atoms with Gasteiger partial charge in [-0.15, -0.1) is 0 Å². The standard InChI is InChI=1S/C11H17NOS/c1-2-14-8-10-9-6-4-3-5-7-11(9)13-12-10/h2-8H2,1H3. The molecule has 0 aromatic carbocycles. The Hall–Kier alpha value is -0.440. The molecule has 78 valence electrons. The van der Waals surface area contributed by atoms with Crippen LogP contribution in [-0.4, -0.2) is 10.9 Å². The van der Waals surface area contributed by atoms with Gasteiger partial charge in [-0.1, -0.05) is 18.5 Å². The summed E-state index contributed by atoms with van der Waals surface area (Å²) >= 11 is 1.92. The molecule has 0 saturated carbocycles. The first-order chi connectivity index (χ1) is 6.92. The van der Waals surface area contributed by atoms with Crippen LogP contribution in [0.4, 0.5) is 0 Å². The second-order valence-corrected chi connectivity index (χ2v) is 5.00. The van der Waals surface area contributed by atoms with E-state index in [4.69, 9.17) is 4.52 Å². The Morgan fingerprint density at radius 3 is 3.00 bits per heavy atom. The highest BCUT2D eigenvalue weighted by Crippen LogP contribution is 2.25. The van der Waals surface area contributed by atoms with Crippen molar-refractivity contribution in [3.63, 3.8) is 0 Å². The van der Waals surface area contributed by atoms with Gasteiger partial charge in [-0.3, -0.25) is 0 Å². The minimum atomic E-state index is 1.02. The number of hydrogen-bond donors (Lipinski definition) is 0. The molecular weight excluding hydrogens is 194 g/mol. The molecule has 3 heteroatoms. The Bertz CT molecular complexity index is 295. The smallest absolute Gasteiger partial charge is 0.140 e. The summed E-state index contributed by atoms with van der Waals surface area (Å²) in [5, 5.41) is 4.18. The normalized spacial score (nSPS) is 16.4. The lowest BCUT2D eigenvalue weighted by molar-refractivity contribution is 0.376. The van der Waals surface area contributed by atoms with Crippen molar-refractivity contribution in [1.82, 2.24) is 5.16 Å². The van der Waals surface area contributed by atoms with Gasteiger partial charge in [0.2, 0.25) is 0 Å². The molecule has 0 fully saturated rings. The third-order valence-electron chi connectivity index (χ3n) is 2.72. The largest absolute Gasteiger partial charge is 0.361 e. The van der Waals surface area contributed by atoms with Crippen LogP contribution in [0.15, 0.2) is 4.52 Å². The average Bonchev–Trinajstić information content (AvgIpc) is 2.45. The van der Waals surface area contributed by atoms with Crippen LogP contribution in [0.5, 0.6) is 0 Å². The van der Waals surface area contributed by atoms with Crippen LogP contribution < -0.4 is 0 Å². The first kappa shape index (κ1) is 10.1. The van der Waals surface area contributed by atoms with Crippen molar-refractivity contribution >= 4 is 11.8 Å². The highest BCUT2D eigenvalue weighted by atomic mass is 32.2. The van der Waals surface area contributed by atoms with Gasteiger partial charge in [0.05, 0.1) is 5.69 Å². The number of nitrogens with zero attached hydrogens (tertiary/aromatic N) is 1. The van der Waals surface area contributed by atoms with Crippen molar-refractivity contribution in [3.8, 4) is 0 Å². The quantitative estimate of drug-likeness (QED) is 0.718. The fourth-order valence-electron chi connectivity index (χ4n) is 1.94. The maximum Gasteiger partial charge on any atom is 0.140 e. The Balaban J connectivity index is 2.12. The summed E-state index contributed by atoms with van der Waals surface area (Å²) in [4.78, 5) is 0. The van der Waals surface area contributed by atoms with E-state index in [0.29, 0.717) is 0 Å². The zero-order valence-corrected chi connectivity index (χ0v) is 9.53. The summed E-state index contributed by atoms with van der Waals surface area (Å²) in [5.74, 6) is 3.34. The van der Waals surface area contributed by atoms with Crippen LogP contribution in [0.25, 0.3) is 0 Å². The summed E-state index contributed by atoms with van der Waals surface area (Å²) in [6.45, 7) is 2.18. The molecule has 0 spiro atoms. The molecule has 0 N–H and O–H groups in total. The predicted octanol–water partition coefficient (Wildman–Crippen LogP) is 3.20. The molecule has 0 unspecified atom stereocenters. The monoisotopic (exact) mass is 211 g/mol. The van der Waals surface area contributed by atoms with E-state index in [0.717, 1.165) is 23.7 Å². The van der Waals surface area contributed by atoms with Crippen LogP contribution >= 0.6 is 11.8 Å². The second kappa shape index (κ2) is 4.87. The van der Waals surface area contributed by atoms with Crippen molar-refractivity contribution < 1.29 is 4.52 Å². The number of rotatable bonds is 3. The van der Waals surface area contributed by atoms with Crippen LogP contribution in [-0.2, 0) is 18.6 Å². The molecular formula is C11H17NOS. The zero-order chi connectivity index (χ0) is 9.80. The van der Waals surface area contributed by atoms with E-state index in [9.17, 15) is 0 Å². The van der Waals surface area contributed by atoms with Gasteiger partial charge in [0, 0.05) is 17.7 Å². The van der Waals surface area contributed by atoms with E-state index >= 15 is 0 Å². The zero-order valence-electron chi connectivity index (χ0n) is 8.71. The van der Waals surface area contributed by atoms with Gasteiger partial charge in [-0.25, -0.2) is 0 Å². The lowest BCUT2D eigenvalue weighted by Gasteiger charge is -1.98. The lowest BCUT2D eigenvalue weighted by Crippen LogP contribution is -1.91. The van der Waals surface area contributed by atoms with E-state index in [1.807, 2.05) is 11.8 Å². The fourth-order valence-corrected chi connectivity index (χ4v) is 2.56. The summed E-state index contributed by atoms with van der Waals surface area (Å²) in [6, 6.07) is 0. The number of thioether (sulfide) groups is 1. The molecule has 0 aliphatic heterocycles. The molecule has 1 heterocycles.